The second-order valence-electron chi connectivity index (χ2n) is 5.65. The van der Waals surface area contributed by atoms with Crippen LogP contribution in [0.2, 0.25) is 0 Å². The molecule has 0 saturated carbocycles. The lowest BCUT2D eigenvalue weighted by Gasteiger charge is -2.35. The number of aliphatic hydroxyl groups excluding tert-OH is 1. The van der Waals surface area contributed by atoms with Crippen molar-refractivity contribution in [1.29, 1.82) is 0 Å². The van der Waals surface area contributed by atoms with E-state index in [9.17, 15) is 4.79 Å². The first-order valence-corrected chi connectivity index (χ1v) is 7.23. The Balaban J connectivity index is 2.36. The van der Waals surface area contributed by atoms with Crippen LogP contribution in [-0.2, 0) is 9.53 Å². The van der Waals surface area contributed by atoms with Crippen LogP contribution in [0.3, 0.4) is 0 Å². The summed E-state index contributed by atoms with van der Waals surface area (Å²) < 4.78 is 5.25. The van der Waals surface area contributed by atoms with Crippen LogP contribution in [0, 0.1) is 11.3 Å². The Bertz CT molecular complexity index is 260. The summed E-state index contributed by atoms with van der Waals surface area (Å²) in [7, 11) is 1.65. The summed E-state index contributed by atoms with van der Waals surface area (Å²) in [5.74, 6) is 0.427. The Morgan fingerprint density at radius 3 is 2.74 bits per heavy atom. The first-order valence-electron chi connectivity index (χ1n) is 7.23. The number of hydrogen-bond acceptors (Lipinski definition) is 4. The molecule has 0 aliphatic carbocycles. The maximum atomic E-state index is 12.4. The lowest BCUT2D eigenvalue weighted by molar-refractivity contribution is -0.136. The minimum Gasteiger partial charge on any atom is -0.396 e. The summed E-state index contributed by atoms with van der Waals surface area (Å²) in [6.07, 6.45) is 3.52. The molecule has 0 bridgehead atoms. The van der Waals surface area contributed by atoms with E-state index < -0.39 is 0 Å². The quantitative estimate of drug-likeness (QED) is 0.564. The van der Waals surface area contributed by atoms with Crippen LogP contribution in [0.4, 0.5) is 0 Å². The third-order valence-corrected chi connectivity index (χ3v) is 3.93. The smallest absolute Gasteiger partial charge is 0.228 e. The molecular weight excluding hydrogens is 244 g/mol. The molecule has 1 aliphatic rings. The van der Waals surface area contributed by atoms with E-state index in [-0.39, 0.29) is 17.9 Å². The van der Waals surface area contributed by atoms with Crippen LogP contribution in [0.25, 0.3) is 0 Å². The van der Waals surface area contributed by atoms with E-state index in [0.717, 1.165) is 38.8 Å². The Hall–Kier alpha value is -0.650. The fraction of sp³-hybridized carbons (Fsp3) is 0.929. The van der Waals surface area contributed by atoms with Gasteiger partial charge in [0.15, 0.2) is 0 Å². The predicted octanol–water partition coefficient (Wildman–Crippen LogP) is 0.527. The molecule has 0 radical (unpaired) electrons. The van der Waals surface area contributed by atoms with E-state index in [2.05, 4.69) is 10.6 Å². The number of methoxy groups -OCH3 is 1. The molecule has 5 nitrogen and oxygen atoms in total. The van der Waals surface area contributed by atoms with Gasteiger partial charge in [-0.2, -0.15) is 0 Å². The van der Waals surface area contributed by atoms with Crippen molar-refractivity contribution in [3.05, 3.63) is 0 Å². The fourth-order valence-electron chi connectivity index (χ4n) is 2.55. The fourth-order valence-corrected chi connectivity index (χ4v) is 2.55. The van der Waals surface area contributed by atoms with Crippen LogP contribution in [-0.4, -0.2) is 51.0 Å². The first-order chi connectivity index (χ1) is 9.14. The molecule has 5 heteroatoms. The third kappa shape index (κ3) is 5.09. The van der Waals surface area contributed by atoms with Gasteiger partial charge in [-0.15, -0.1) is 0 Å². The minimum atomic E-state index is -0.359. The zero-order valence-electron chi connectivity index (χ0n) is 12.2. The number of piperidine rings is 1. The van der Waals surface area contributed by atoms with Gasteiger partial charge in [-0.1, -0.05) is 6.92 Å². The van der Waals surface area contributed by atoms with Crippen molar-refractivity contribution in [2.24, 2.45) is 11.3 Å². The molecule has 0 aromatic heterocycles. The van der Waals surface area contributed by atoms with Gasteiger partial charge in [-0.25, -0.2) is 0 Å². The molecule has 1 saturated heterocycles. The summed E-state index contributed by atoms with van der Waals surface area (Å²) >= 11 is 0. The van der Waals surface area contributed by atoms with Crippen molar-refractivity contribution in [1.82, 2.24) is 10.6 Å². The van der Waals surface area contributed by atoms with E-state index >= 15 is 0 Å². The summed E-state index contributed by atoms with van der Waals surface area (Å²) in [5, 5.41) is 15.3. The van der Waals surface area contributed by atoms with Crippen molar-refractivity contribution in [2.45, 2.75) is 32.6 Å². The Kier molecular flexibility index (Phi) is 7.34. The molecule has 0 aromatic carbocycles. The molecule has 1 amide bonds. The zero-order valence-corrected chi connectivity index (χ0v) is 12.2. The Morgan fingerprint density at radius 1 is 1.47 bits per heavy atom. The van der Waals surface area contributed by atoms with Gasteiger partial charge in [0, 0.05) is 20.3 Å². The number of nitrogens with one attached hydrogen (secondary N) is 2. The molecule has 0 spiro atoms. The summed E-state index contributed by atoms with van der Waals surface area (Å²) in [4.78, 5) is 12.4. The van der Waals surface area contributed by atoms with E-state index in [4.69, 9.17) is 9.84 Å². The number of aliphatic hydroxyl groups is 1. The summed E-state index contributed by atoms with van der Waals surface area (Å²) in [6.45, 7) is 5.15. The van der Waals surface area contributed by atoms with E-state index in [1.165, 1.54) is 0 Å². The lowest BCUT2D eigenvalue weighted by Crippen LogP contribution is -2.50. The maximum absolute atomic E-state index is 12.4. The average molecular weight is 272 g/mol. The molecular formula is C14H28N2O3. The van der Waals surface area contributed by atoms with Gasteiger partial charge in [0.05, 0.1) is 12.0 Å². The average Bonchev–Trinajstić information content (AvgIpc) is 2.44. The number of amides is 1. The second-order valence-corrected chi connectivity index (χ2v) is 5.65. The molecule has 1 atom stereocenters. The van der Waals surface area contributed by atoms with Crippen molar-refractivity contribution >= 4 is 5.91 Å². The summed E-state index contributed by atoms with van der Waals surface area (Å²) in [5.41, 5.74) is -0.359. The van der Waals surface area contributed by atoms with Crippen molar-refractivity contribution < 1.29 is 14.6 Å². The Morgan fingerprint density at radius 2 is 2.16 bits per heavy atom. The molecule has 1 unspecified atom stereocenters. The zero-order chi connectivity index (χ0) is 14.1. The standard InChI is InChI=1S/C14H28N2O3/c1-12(10-17)4-3-7-16-13(18)14(11-19-2)5-8-15-9-6-14/h12,15,17H,3-11H2,1-2H3,(H,16,18). The molecule has 1 fully saturated rings. The van der Waals surface area contributed by atoms with Crippen LogP contribution in [0.1, 0.15) is 32.6 Å². The van der Waals surface area contributed by atoms with Crippen LogP contribution in [0.15, 0.2) is 0 Å². The number of carbonyl (C=O) groups is 1. The highest BCUT2D eigenvalue weighted by molar-refractivity contribution is 5.82. The summed E-state index contributed by atoms with van der Waals surface area (Å²) in [6, 6.07) is 0. The lowest BCUT2D eigenvalue weighted by atomic mass is 9.78. The van der Waals surface area contributed by atoms with Crippen LogP contribution < -0.4 is 10.6 Å². The van der Waals surface area contributed by atoms with Gasteiger partial charge in [0.25, 0.3) is 0 Å². The number of hydrogen-bond donors (Lipinski definition) is 3. The van der Waals surface area contributed by atoms with Gasteiger partial charge in [0.1, 0.15) is 0 Å². The van der Waals surface area contributed by atoms with Gasteiger partial charge in [-0.3, -0.25) is 4.79 Å². The highest BCUT2D eigenvalue weighted by Crippen LogP contribution is 2.29. The molecule has 3 N–H and O–H groups in total. The molecule has 1 aliphatic heterocycles. The molecule has 1 heterocycles. The molecule has 19 heavy (non-hydrogen) atoms. The highest BCUT2D eigenvalue weighted by Gasteiger charge is 2.39. The highest BCUT2D eigenvalue weighted by atomic mass is 16.5. The SMILES string of the molecule is COCC1(C(=O)NCCCC(C)CO)CCNCC1. The van der Waals surface area contributed by atoms with Gasteiger partial charge in [-0.05, 0) is 44.7 Å². The largest absolute Gasteiger partial charge is 0.396 e. The maximum Gasteiger partial charge on any atom is 0.228 e. The first kappa shape index (κ1) is 16.4. The third-order valence-electron chi connectivity index (χ3n) is 3.93. The topological polar surface area (TPSA) is 70.6 Å². The second kappa shape index (κ2) is 8.51. The van der Waals surface area contributed by atoms with E-state index in [1.807, 2.05) is 6.92 Å². The molecule has 0 aromatic rings. The van der Waals surface area contributed by atoms with E-state index in [0.29, 0.717) is 19.1 Å². The van der Waals surface area contributed by atoms with Crippen LogP contribution in [0.5, 0.6) is 0 Å². The predicted molar refractivity (Wildman–Crippen MR) is 74.9 cm³/mol. The molecule has 1 rings (SSSR count). The van der Waals surface area contributed by atoms with Crippen molar-refractivity contribution in [2.75, 3.05) is 40.0 Å². The van der Waals surface area contributed by atoms with Gasteiger partial charge >= 0.3 is 0 Å². The van der Waals surface area contributed by atoms with Crippen molar-refractivity contribution in [3.63, 3.8) is 0 Å². The van der Waals surface area contributed by atoms with Gasteiger partial charge in [0.2, 0.25) is 5.91 Å². The normalized spacial score (nSPS) is 19.9. The van der Waals surface area contributed by atoms with Crippen molar-refractivity contribution in [3.8, 4) is 0 Å². The van der Waals surface area contributed by atoms with Gasteiger partial charge < -0.3 is 20.5 Å². The molecule has 112 valence electrons. The van der Waals surface area contributed by atoms with Crippen LogP contribution >= 0.6 is 0 Å². The number of ether oxygens (including phenoxy) is 1. The Labute approximate surface area is 116 Å². The van der Waals surface area contributed by atoms with E-state index in [1.54, 1.807) is 7.11 Å². The number of carbonyl (C=O) groups excluding carboxylic acids is 1. The minimum absolute atomic E-state index is 0.118. The monoisotopic (exact) mass is 272 g/mol. The number of rotatable bonds is 8.